The minimum Gasteiger partial charge on any atom is -0.480 e. The van der Waals surface area contributed by atoms with Crippen LogP contribution in [0.3, 0.4) is 0 Å². The molecule has 0 aromatic heterocycles. The first kappa shape index (κ1) is 32.6. The topological polar surface area (TPSA) is 150 Å². The molecule has 0 aliphatic heterocycles. The van der Waals surface area contributed by atoms with Gasteiger partial charge in [-0.05, 0) is 31.4 Å². The van der Waals surface area contributed by atoms with Crippen LogP contribution in [0.4, 0.5) is 0 Å². The summed E-state index contributed by atoms with van der Waals surface area (Å²) in [6.45, 7) is 6.36. The number of hydrogen-bond donors (Lipinski definition) is 4. The standard InChI is InChI=1S/C22H38N2O7S3/c1-14(2)20(27)8-6-5-7-17(32-11-10-18(21(28)29)23-15(3)25)9-12-33-34-13-19(22(30)31)24-16(4)26/h14,17-19H,5-13H2,1-4H3,(H,23,25)(H,24,26)(H,28,29)(H,30,31). The Balaban J connectivity index is 4.60. The molecule has 0 saturated heterocycles. The molecular weight excluding hydrogens is 500 g/mol. The van der Waals surface area contributed by atoms with Gasteiger partial charge < -0.3 is 20.8 Å². The molecule has 3 unspecified atom stereocenters. The molecule has 12 heteroatoms. The number of thioether (sulfide) groups is 1. The van der Waals surface area contributed by atoms with Gasteiger partial charge >= 0.3 is 11.9 Å². The van der Waals surface area contributed by atoms with Crippen LogP contribution >= 0.6 is 33.3 Å². The van der Waals surface area contributed by atoms with Crippen molar-refractivity contribution in [2.45, 2.75) is 83.6 Å². The van der Waals surface area contributed by atoms with E-state index >= 15 is 0 Å². The van der Waals surface area contributed by atoms with Gasteiger partial charge in [-0.3, -0.25) is 14.4 Å². The molecule has 9 nitrogen and oxygen atoms in total. The Morgan fingerprint density at radius 3 is 1.88 bits per heavy atom. The van der Waals surface area contributed by atoms with Crippen LogP contribution in [0.25, 0.3) is 0 Å². The lowest BCUT2D eigenvalue weighted by Crippen LogP contribution is -2.41. The van der Waals surface area contributed by atoms with Crippen LogP contribution in [0.5, 0.6) is 0 Å². The summed E-state index contributed by atoms with van der Waals surface area (Å²) in [4.78, 5) is 56.7. The first-order valence-electron chi connectivity index (χ1n) is 11.3. The SMILES string of the molecule is CC(=O)NC(CCSC(CCCCC(=O)C(C)C)CCSSCC(NC(C)=O)C(=O)O)C(=O)O. The van der Waals surface area contributed by atoms with E-state index in [1.807, 2.05) is 13.8 Å². The number of aliphatic carboxylic acids is 2. The second-order valence-electron chi connectivity index (χ2n) is 8.23. The van der Waals surface area contributed by atoms with Crippen molar-refractivity contribution < 1.29 is 34.2 Å². The molecule has 4 N–H and O–H groups in total. The molecule has 3 atom stereocenters. The van der Waals surface area contributed by atoms with Gasteiger partial charge in [0.05, 0.1) is 0 Å². The average Bonchev–Trinajstić information content (AvgIpc) is 2.73. The van der Waals surface area contributed by atoms with Gasteiger partial charge in [-0.25, -0.2) is 9.59 Å². The number of carboxylic acids is 2. The van der Waals surface area contributed by atoms with E-state index in [-0.39, 0.29) is 34.5 Å². The van der Waals surface area contributed by atoms with E-state index < -0.39 is 24.0 Å². The van der Waals surface area contributed by atoms with Gasteiger partial charge in [0.1, 0.15) is 17.9 Å². The molecule has 34 heavy (non-hydrogen) atoms. The van der Waals surface area contributed by atoms with Gasteiger partial charge in [0.15, 0.2) is 0 Å². The maximum Gasteiger partial charge on any atom is 0.327 e. The van der Waals surface area contributed by atoms with E-state index in [0.717, 1.165) is 31.4 Å². The highest BCUT2D eigenvalue weighted by Crippen LogP contribution is 2.29. The third-order valence-corrected chi connectivity index (χ3v) is 8.66. The average molecular weight is 539 g/mol. The van der Waals surface area contributed by atoms with E-state index in [4.69, 9.17) is 5.11 Å². The summed E-state index contributed by atoms with van der Waals surface area (Å²) in [5.74, 6) is -0.998. The number of ketones is 1. The van der Waals surface area contributed by atoms with Crippen LogP contribution in [-0.4, -0.2) is 74.3 Å². The number of unbranched alkanes of at least 4 members (excludes halogenated alkanes) is 1. The number of amides is 2. The Kier molecular flexibility index (Phi) is 18.1. The minimum absolute atomic E-state index is 0.0347. The highest BCUT2D eigenvalue weighted by molar-refractivity contribution is 8.76. The Bertz CT molecular complexity index is 677. The molecule has 0 heterocycles. The lowest BCUT2D eigenvalue weighted by molar-refractivity contribution is -0.141. The summed E-state index contributed by atoms with van der Waals surface area (Å²) in [6, 6.07) is -1.85. The summed E-state index contributed by atoms with van der Waals surface area (Å²) in [7, 11) is 2.93. The van der Waals surface area contributed by atoms with Crippen molar-refractivity contribution in [3.8, 4) is 0 Å². The van der Waals surface area contributed by atoms with Crippen molar-refractivity contribution in [3.63, 3.8) is 0 Å². The minimum atomic E-state index is -1.07. The first-order chi connectivity index (χ1) is 15.9. The van der Waals surface area contributed by atoms with Crippen LogP contribution in [0.2, 0.25) is 0 Å². The maximum atomic E-state index is 11.8. The fourth-order valence-electron chi connectivity index (χ4n) is 2.90. The van der Waals surface area contributed by atoms with E-state index in [1.165, 1.54) is 35.4 Å². The monoisotopic (exact) mass is 538 g/mol. The predicted molar refractivity (Wildman–Crippen MR) is 139 cm³/mol. The second-order valence-corrected chi connectivity index (χ2v) is 12.3. The lowest BCUT2D eigenvalue weighted by atomic mass is 10.0. The summed E-state index contributed by atoms with van der Waals surface area (Å²) < 4.78 is 0. The molecule has 0 radical (unpaired) electrons. The van der Waals surface area contributed by atoms with E-state index in [0.29, 0.717) is 18.6 Å². The summed E-state index contributed by atoms with van der Waals surface area (Å²) in [6.07, 6.45) is 4.32. The number of Topliss-reactive ketones (excluding diaryl/α,β-unsaturated/α-hetero) is 1. The van der Waals surface area contributed by atoms with Crippen LogP contribution in [0.15, 0.2) is 0 Å². The number of hydrogen-bond acceptors (Lipinski definition) is 8. The summed E-state index contributed by atoms with van der Waals surface area (Å²) >= 11 is 1.66. The van der Waals surface area contributed by atoms with E-state index in [2.05, 4.69) is 10.6 Å². The zero-order chi connectivity index (χ0) is 26.1. The number of carbonyl (C=O) groups is 5. The van der Waals surface area contributed by atoms with Gasteiger partial charge in [0.2, 0.25) is 11.8 Å². The molecule has 0 aliphatic carbocycles. The molecular formula is C22H38N2O7S3. The molecule has 0 rings (SSSR count). The highest BCUT2D eigenvalue weighted by Gasteiger charge is 2.20. The Hall–Kier alpha value is -1.40. The molecule has 196 valence electrons. The Morgan fingerprint density at radius 2 is 1.35 bits per heavy atom. The van der Waals surface area contributed by atoms with Crippen molar-refractivity contribution in [2.24, 2.45) is 5.92 Å². The molecule has 0 aromatic rings. The lowest BCUT2D eigenvalue weighted by Gasteiger charge is -2.19. The molecule has 0 spiro atoms. The zero-order valence-corrected chi connectivity index (χ0v) is 22.8. The molecule has 0 bridgehead atoms. The van der Waals surface area contributed by atoms with Gasteiger partial charge in [-0.15, -0.1) is 0 Å². The van der Waals surface area contributed by atoms with Crippen molar-refractivity contribution >= 4 is 62.9 Å². The van der Waals surface area contributed by atoms with Gasteiger partial charge in [0.25, 0.3) is 0 Å². The maximum absolute atomic E-state index is 11.8. The third kappa shape index (κ3) is 17.1. The van der Waals surface area contributed by atoms with Crippen molar-refractivity contribution in [3.05, 3.63) is 0 Å². The fourth-order valence-corrected chi connectivity index (χ4v) is 6.67. The summed E-state index contributed by atoms with van der Waals surface area (Å²) in [5, 5.41) is 23.5. The van der Waals surface area contributed by atoms with Crippen LogP contribution in [0.1, 0.15) is 66.2 Å². The number of carbonyl (C=O) groups excluding carboxylic acids is 3. The third-order valence-electron chi connectivity index (χ3n) is 4.80. The molecule has 0 aromatic carbocycles. The van der Waals surface area contributed by atoms with Crippen LogP contribution in [-0.2, 0) is 24.0 Å². The van der Waals surface area contributed by atoms with Crippen molar-refractivity contribution in [1.29, 1.82) is 0 Å². The highest BCUT2D eigenvalue weighted by atomic mass is 33.1. The number of nitrogens with one attached hydrogen (secondary N) is 2. The summed E-state index contributed by atoms with van der Waals surface area (Å²) in [5.41, 5.74) is 0. The molecule has 2 amide bonds. The van der Waals surface area contributed by atoms with E-state index in [9.17, 15) is 29.1 Å². The Labute approximate surface area is 214 Å². The zero-order valence-electron chi connectivity index (χ0n) is 20.3. The molecule has 0 saturated carbocycles. The first-order valence-corrected chi connectivity index (χ1v) is 14.9. The second kappa shape index (κ2) is 18.9. The largest absolute Gasteiger partial charge is 0.480 e. The Morgan fingerprint density at radius 1 is 0.765 bits per heavy atom. The van der Waals surface area contributed by atoms with Gasteiger partial charge in [-0.1, -0.05) is 41.9 Å². The van der Waals surface area contributed by atoms with Crippen LogP contribution < -0.4 is 10.6 Å². The van der Waals surface area contributed by atoms with Gasteiger partial charge in [0, 0.05) is 42.9 Å². The quantitative estimate of drug-likeness (QED) is 0.134. The predicted octanol–water partition coefficient (Wildman–Crippen LogP) is 3.21. The van der Waals surface area contributed by atoms with Gasteiger partial charge in [-0.2, -0.15) is 11.8 Å². The number of carboxylic acid groups (broad SMARTS) is 2. The normalized spacial score (nSPS) is 13.7. The fraction of sp³-hybridized carbons (Fsp3) is 0.773. The molecule has 0 fully saturated rings. The number of rotatable bonds is 20. The van der Waals surface area contributed by atoms with Crippen molar-refractivity contribution in [1.82, 2.24) is 10.6 Å². The molecule has 0 aliphatic rings. The smallest absolute Gasteiger partial charge is 0.327 e. The van der Waals surface area contributed by atoms with Crippen LogP contribution in [0, 0.1) is 5.92 Å². The van der Waals surface area contributed by atoms with Crippen molar-refractivity contribution in [2.75, 3.05) is 17.3 Å². The van der Waals surface area contributed by atoms with E-state index in [1.54, 1.807) is 11.8 Å².